The van der Waals surface area contributed by atoms with Gasteiger partial charge in [-0.15, -0.1) is 0 Å². The molecule has 1 unspecified atom stereocenters. The Hall–Kier alpha value is 0.312. The van der Waals surface area contributed by atoms with Crippen LogP contribution in [-0.4, -0.2) is 0 Å². The molecule has 0 spiro atoms. The van der Waals surface area contributed by atoms with Crippen molar-refractivity contribution in [2.75, 3.05) is 0 Å². The summed E-state index contributed by atoms with van der Waals surface area (Å²) < 4.78 is 0. The normalized spacial score (nSPS) is 6.69. The molecule has 0 nitrogen and oxygen atoms in total. The van der Waals surface area contributed by atoms with Crippen LogP contribution < -0.4 is 0 Å². The van der Waals surface area contributed by atoms with E-state index < -0.39 is 0 Å². The molecular weight excluding hydrogens is 313 g/mol. The molecule has 1 atom stereocenters. The van der Waals surface area contributed by atoms with Gasteiger partial charge in [-0.2, -0.15) is 36.4 Å². The molecule has 0 N–H and O–H groups in total. The van der Waals surface area contributed by atoms with E-state index in [1.807, 2.05) is 60.7 Å². The van der Waals surface area contributed by atoms with Crippen LogP contribution in [0.1, 0.15) is 0 Å². The van der Waals surface area contributed by atoms with Crippen LogP contribution in [0.2, 0.25) is 0 Å². The van der Waals surface area contributed by atoms with Gasteiger partial charge in [-0.3, -0.25) is 0 Å². The standard InChI is InChI=1S/2C5H5.Fe.H2P.Pd/c2*1-2-4-5-3-1;;;/h2*1-5H;;1H2;/q2*-1;+2;-1;+1. The first kappa shape index (κ1) is 15.8. The van der Waals surface area contributed by atoms with Gasteiger partial charge in [-0.1, -0.05) is 0 Å². The molecule has 2 aromatic carbocycles. The summed E-state index contributed by atoms with van der Waals surface area (Å²) in [5.74, 6) is 0. The number of hydrogen-bond donors (Lipinski definition) is 0. The fourth-order valence-corrected chi connectivity index (χ4v) is 0.642. The van der Waals surface area contributed by atoms with Crippen LogP contribution in [0.25, 0.3) is 0 Å². The minimum atomic E-state index is 0. The van der Waals surface area contributed by atoms with Crippen LogP contribution in [0.5, 0.6) is 0 Å². The molecule has 0 fully saturated rings. The third-order valence-electron chi connectivity index (χ3n) is 1.11. The minimum Gasteiger partial charge on any atom is -0.214 e. The van der Waals surface area contributed by atoms with Gasteiger partial charge in [-0.25, -0.2) is 24.3 Å². The van der Waals surface area contributed by atoms with Crippen molar-refractivity contribution in [1.82, 2.24) is 0 Å². The zero-order valence-electron chi connectivity index (χ0n) is 7.02. The van der Waals surface area contributed by atoms with E-state index in [2.05, 4.69) is 26.1 Å². The van der Waals surface area contributed by atoms with Crippen LogP contribution in [-0.2, 0) is 35.8 Å². The predicted octanol–water partition coefficient (Wildman–Crippen LogP) is 3.13. The van der Waals surface area contributed by atoms with Gasteiger partial charge in [-0.05, 0) is 0 Å². The largest absolute Gasteiger partial charge is 0.214 e. The minimum absolute atomic E-state index is 0. The van der Waals surface area contributed by atoms with Crippen molar-refractivity contribution in [3.8, 4) is 0 Å². The van der Waals surface area contributed by atoms with Crippen molar-refractivity contribution in [2.24, 2.45) is 0 Å². The van der Waals surface area contributed by atoms with Gasteiger partial charge in [0.2, 0.25) is 0 Å². The number of rotatable bonds is 0. The quantitative estimate of drug-likeness (QED) is 0.397. The van der Waals surface area contributed by atoms with Crippen LogP contribution in [0, 0.1) is 0 Å². The smallest absolute Gasteiger partial charge is 0.172 e. The summed E-state index contributed by atoms with van der Waals surface area (Å²) in [6, 6.07) is 20.0. The van der Waals surface area contributed by atoms with Crippen LogP contribution in [0.3, 0.4) is 0 Å². The molecule has 0 aliphatic carbocycles. The first-order valence-electron chi connectivity index (χ1n) is 3.52. The monoisotopic (exact) mass is 325 g/mol. The summed E-state index contributed by atoms with van der Waals surface area (Å²) in [7, 11) is 2.27. The Kier molecular flexibility index (Phi) is 18.0. The molecule has 0 aliphatic heterocycles. The van der Waals surface area contributed by atoms with E-state index in [0.29, 0.717) is 0 Å². The summed E-state index contributed by atoms with van der Waals surface area (Å²) >= 11 is 2.67. The van der Waals surface area contributed by atoms with Crippen molar-refractivity contribution in [1.29, 1.82) is 0 Å². The summed E-state index contributed by atoms with van der Waals surface area (Å²) in [6.45, 7) is 0. The van der Waals surface area contributed by atoms with E-state index in [-0.39, 0.29) is 17.1 Å². The molecule has 0 saturated carbocycles. The van der Waals surface area contributed by atoms with Gasteiger partial charge in [0.1, 0.15) is 0 Å². The molecule has 2 aromatic rings. The van der Waals surface area contributed by atoms with Gasteiger partial charge in [0.15, 0.2) is 0 Å². The zero-order chi connectivity index (χ0) is 9.07. The van der Waals surface area contributed by atoms with Gasteiger partial charge in [0, 0.05) is 0 Å². The Morgan fingerprint density at radius 1 is 0.692 bits per heavy atom. The number of hydrogen-bond acceptors (Lipinski definition) is 0. The second-order valence-electron chi connectivity index (χ2n) is 1.92. The fourth-order valence-electron chi connectivity index (χ4n) is 0.642. The Bertz CT molecular complexity index is 154. The van der Waals surface area contributed by atoms with E-state index in [1.54, 1.807) is 0 Å². The molecule has 0 amide bonds. The summed E-state index contributed by atoms with van der Waals surface area (Å²) in [6.07, 6.45) is 0. The van der Waals surface area contributed by atoms with E-state index >= 15 is 0 Å². The van der Waals surface area contributed by atoms with Gasteiger partial charge in [0.05, 0.1) is 0 Å². The van der Waals surface area contributed by atoms with Crippen LogP contribution >= 0.6 is 7.43 Å². The maximum absolute atomic E-state index is 2.67. The molecule has 0 aromatic heterocycles. The van der Waals surface area contributed by atoms with E-state index in [9.17, 15) is 0 Å². The topological polar surface area (TPSA) is 0 Å². The molecule has 0 heterocycles. The van der Waals surface area contributed by atoms with Crippen molar-refractivity contribution in [2.45, 2.75) is 0 Å². The first-order valence-corrected chi connectivity index (χ1v) is 6.57. The van der Waals surface area contributed by atoms with Gasteiger partial charge >= 0.3 is 43.2 Å². The van der Waals surface area contributed by atoms with Crippen molar-refractivity contribution in [3.05, 3.63) is 60.7 Å². The predicted molar refractivity (Wildman–Crippen MR) is 53.8 cm³/mol. The molecular formula is C10H12FePPd. The van der Waals surface area contributed by atoms with Crippen molar-refractivity contribution in [3.63, 3.8) is 0 Å². The molecule has 75 valence electrons. The average Bonchev–Trinajstić information content (AvgIpc) is 2.87. The Balaban J connectivity index is 0. The third-order valence-corrected chi connectivity index (χ3v) is 1.11. The summed E-state index contributed by atoms with van der Waals surface area (Å²) in [5.41, 5.74) is 0. The SMILES string of the molecule is [Fe+2].[PH2][Pd].c1cc[cH-]c1.c1cc[cH-]c1. The molecule has 0 radical (unpaired) electrons. The maximum Gasteiger partial charge on any atom is -0.172 e. The Morgan fingerprint density at radius 2 is 0.923 bits per heavy atom. The first-order chi connectivity index (χ1) is 6.00. The van der Waals surface area contributed by atoms with E-state index in [0.717, 1.165) is 0 Å². The second kappa shape index (κ2) is 14.8. The fraction of sp³-hybridized carbons (Fsp3) is 0. The molecule has 0 bridgehead atoms. The molecule has 13 heavy (non-hydrogen) atoms. The van der Waals surface area contributed by atoms with Crippen molar-refractivity contribution < 1.29 is 35.8 Å². The Labute approximate surface area is 103 Å². The van der Waals surface area contributed by atoms with E-state index in [1.165, 1.54) is 0 Å². The summed E-state index contributed by atoms with van der Waals surface area (Å²) in [4.78, 5) is 0. The van der Waals surface area contributed by atoms with E-state index in [4.69, 9.17) is 0 Å². The second-order valence-corrected chi connectivity index (χ2v) is 1.92. The Morgan fingerprint density at radius 3 is 1.00 bits per heavy atom. The molecule has 3 heteroatoms. The molecule has 0 aliphatic rings. The van der Waals surface area contributed by atoms with Crippen LogP contribution in [0.15, 0.2) is 60.7 Å². The van der Waals surface area contributed by atoms with Crippen LogP contribution in [0.4, 0.5) is 0 Å². The van der Waals surface area contributed by atoms with Gasteiger partial charge < -0.3 is 0 Å². The van der Waals surface area contributed by atoms with Gasteiger partial charge in [0.25, 0.3) is 0 Å². The zero-order valence-corrected chi connectivity index (χ0v) is 10.8. The third kappa shape index (κ3) is 12.3. The molecule has 2 rings (SSSR count). The molecule has 0 saturated heterocycles. The summed E-state index contributed by atoms with van der Waals surface area (Å²) in [5, 5.41) is 0. The van der Waals surface area contributed by atoms with Crippen molar-refractivity contribution >= 4 is 7.43 Å². The maximum atomic E-state index is 2.67. The average molecular weight is 325 g/mol.